The molecule has 1 aliphatic heterocycles. The maximum atomic E-state index is 12.5. The van der Waals surface area contributed by atoms with Crippen molar-refractivity contribution in [2.45, 2.75) is 25.8 Å². The van der Waals surface area contributed by atoms with E-state index in [-0.39, 0.29) is 17.9 Å². The number of hydrogen-bond acceptors (Lipinski definition) is 3. The number of piperidine rings is 1. The van der Waals surface area contributed by atoms with Gasteiger partial charge in [0.25, 0.3) is 11.8 Å². The normalized spacial score (nSPS) is 15.1. The SMILES string of the molecule is Cc1cccc(C(=O)N2CCC(NC(=O)c3ccccn3)CC2)c1. The smallest absolute Gasteiger partial charge is 0.270 e. The van der Waals surface area contributed by atoms with Gasteiger partial charge in [0.05, 0.1) is 0 Å². The van der Waals surface area contributed by atoms with Crippen molar-refractivity contribution in [1.29, 1.82) is 0 Å². The number of likely N-dealkylation sites (tertiary alicyclic amines) is 1. The second-order valence-electron chi connectivity index (χ2n) is 6.12. The van der Waals surface area contributed by atoms with Crippen molar-refractivity contribution >= 4 is 11.8 Å². The predicted octanol–water partition coefficient (Wildman–Crippen LogP) is 2.42. The number of aromatic nitrogens is 1. The third-order valence-corrected chi connectivity index (χ3v) is 4.28. The summed E-state index contributed by atoms with van der Waals surface area (Å²) in [4.78, 5) is 30.6. The Balaban J connectivity index is 1.54. The Labute approximate surface area is 141 Å². The van der Waals surface area contributed by atoms with E-state index in [9.17, 15) is 9.59 Å². The molecule has 124 valence electrons. The van der Waals surface area contributed by atoms with Gasteiger partial charge in [0.15, 0.2) is 0 Å². The quantitative estimate of drug-likeness (QED) is 0.943. The molecule has 1 fully saturated rings. The van der Waals surface area contributed by atoms with Crippen LogP contribution >= 0.6 is 0 Å². The van der Waals surface area contributed by atoms with Crippen molar-refractivity contribution in [2.75, 3.05) is 13.1 Å². The number of amides is 2. The fraction of sp³-hybridized carbons (Fsp3) is 0.316. The number of hydrogen-bond donors (Lipinski definition) is 1. The first-order chi connectivity index (χ1) is 11.6. The van der Waals surface area contributed by atoms with Gasteiger partial charge in [-0.1, -0.05) is 23.8 Å². The highest BCUT2D eigenvalue weighted by atomic mass is 16.2. The van der Waals surface area contributed by atoms with Gasteiger partial charge < -0.3 is 10.2 Å². The van der Waals surface area contributed by atoms with Crippen molar-refractivity contribution < 1.29 is 9.59 Å². The fourth-order valence-electron chi connectivity index (χ4n) is 2.94. The Kier molecular flexibility index (Phi) is 4.89. The summed E-state index contributed by atoms with van der Waals surface area (Å²) in [5.41, 5.74) is 2.24. The van der Waals surface area contributed by atoms with Crippen LogP contribution in [0, 0.1) is 6.92 Å². The summed E-state index contributed by atoms with van der Waals surface area (Å²) < 4.78 is 0. The van der Waals surface area contributed by atoms with Gasteiger partial charge in [-0.05, 0) is 44.0 Å². The molecular formula is C19H21N3O2. The van der Waals surface area contributed by atoms with E-state index in [1.165, 1.54) is 0 Å². The molecule has 5 nitrogen and oxygen atoms in total. The zero-order valence-corrected chi connectivity index (χ0v) is 13.7. The number of pyridine rings is 1. The molecule has 2 heterocycles. The van der Waals surface area contributed by atoms with Crippen LogP contribution in [0.15, 0.2) is 48.7 Å². The molecular weight excluding hydrogens is 302 g/mol. The summed E-state index contributed by atoms with van der Waals surface area (Å²) in [7, 11) is 0. The predicted molar refractivity (Wildman–Crippen MR) is 91.8 cm³/mol. The first-order valence-corrected chi connectivity index (χ1v) is 8.21. The number of nitrogens with zero attached hydrogens (tertiary/aromatic N) is 2. The van der Waals surface area contributed by atoms with Crippen LogP contribution in [0.4, 0.5) is 0 Å². The van der Waals surface area contributed by atoms with E-state index >= 15 is 0 Å². The Morgan fingerprint density at radius 1 is 1.12 bits per heavy atom. The van der Waals surface area contributed by atoms with Gasteiger partial charge in [-0.3, -0.25) is 14.6 Å². The molecule has 24 heavy (non-hydrogen) atoms. The van der Waals surface area contributed by atoms with Crippen LogP contribution in [0.1, 0.15) is 39.3 Å². The summed E-state index contributed by atoms with van der Waals surface area (Å²) in [6.45, 7) is 3.29. The molecule has 0 radical (unpaired) electrons. The summed E-state index contributed by atoms with van der Waals surface area (Å²) in [6, 6.07) is 13.0. The van der Waals surface area contributed by atoms with E-state index in [4.69, 9.17) is 0 Å². The molecule has 5 heteroatoms. The maximum absolute atomic E-state index is 12.5. The molecule has 0 bridgehead atoms. The van der Waals surface area contributed by atoms with Crippen molar-refractivity contribution in [1.82, 2.24) is 15.2 Å². The van der Waals surface area contributed by atoms with Crippen molar-refractivity contribution in [3.05, 3.63) is 65.5 Å². The molecule has 2 amide bonds. The van der Waals surface area contributed by atoms with Crippen molar-refractivity contribution in [3.8, 4) is 0 Å². The molecule has 1 aliphatic rings. The number of nitrogens with one attached hydrogen (secondary N) is 1. The molecule has 2 aromatic rings. The second kappa shape index (κ2) is 7.25. The summed E-state index contributed by atoms with van der Waals surface area (Å²) >= 11 is 0. The first-order valence-electron chi connectivity index (χ1n) is 8.21. The van der Waals surface area contributed by atoms with E-state index in [1.54, 1.807) is 24.4 Å². The van der Waals surface area contributed by atoms with Gasteiger partial charge in [-0.15, -0.1) is 0 Å². The Morgan fingerprint density at radius 2 is 1.92 bits per heavy atom. The van der Waals surface area contributed by atoms with E-state index in [2.05, 4.69) is 10.3 Å². The summed E-state index contributed by atoms with van der Waals surface area (Å²) in [6.07, 6.45) is 3.13. The van der Waals surface area contributed by atoms with Crippen LogP contribution in [-0.4, -0.2) is 40.8 Å². The highest BCUT2D eigenvalue weighted by Crippen LogP contribution is 2.15. The number of aryl methyl sites for hydroxylation is 1. The monoisotopic (exact) mass is 323 g/mol. The zero-order chi connectivity index (χ0) is 16.9. The minimum atomic E-state index is -0.154. The van der Waals surface area contributed by atoms with Crippen molar-refractivity contribution in [2.24, 2.45) is 0 Å². The van der Waals surface area contributed by atoms with Gasteiger partial charge in [0.2, 0.25) is 0 Å². The number of benzene rings is 1. The van der Waals surface area contributed by atoms with Gasteiger partial charge in [-0.25, -0.2) is 0 Å². The lowest BCUT2D eigenvalue weighted by atomic mass is 10.0. The largest absolute Gasteiger partial charge is 0.348 e. The van der Waals surface area contributed by atoms with Gasteiger partial charge in [-0.2, -0.15) is 0 Å². The number of carbonyl (C=O) groups excluding carboxylic acids is 2. The fourth-order valence-corrected chi connectivity index (χ4v) is 2.94. The topological polar surface area (TPSA) is 62.3 Å². The van der Waals surface area contributed by atoms with E-state index < -0.39 is 0 Å². The van der Waals surface area contributed by atoms with Crippen LogP contribution < -0.4 is 5.32 Å². The third kappa shape index (κ3) is 3.79. The molecule has 1 aromatic carbocycles. The van der Waals surface area contributed by atoms with E-state index in [0.29, 0.717) is 18.8 Å². The van der Waals surface area contributed by atoms with E-state index in [1.807, 2.05) is 36.1 Å². The lowest BCUT2D eigenvalue weighted by Crippen LogP contribution is -2.46. The second-order valence-corrected chi connectivity index (χ2v) is 6.12. The third-order valence-electron chi connectivity index (χ3n) is 4.28. The average Bonchev–Trinajstić information content (AvgIpc) is 2.62. The highest BCUT2D eigenvalue weighted by Gasteiger charge is 2.25. The standard InChI is InChI=1S/C19H21N3O2/c1-14-5-4-6-15(13-14)19(24)22-11-8-16(9-12-22)21-18(23)17-7-2-3-10-20-17/h2-7,10,13,16H,8-9,11-12H2,1H3,(H,21,23). The Bertz CT molecular complexity index is 722. The first kappa shape index (κ1) is 16.2. The summed E-state index contributed by atoms with van der Waals surface area (Å²) in [5.74, 6) is -0.0905. The van der Waals surface area contributed by atoms with Crippen LogP contribution in [0.25, 0.3) is 0 Å². The molecule has 3 rings (SSSR count). The zero-order valence-electron chi connectivity index (χ0n) is 13.7. The van der Waals surface area contributed by atoms with Crippen LogP contribution in [0.2, 0.25) is 0 Å². The van der Waals surface area contributed by atoms with E-state index in [0.717, 1.165) is 24.0 Å². The molecule has 0 unspecified atom stereocenters. The number of carbonyl (C=O) groups is 2. The molecule has 0 atom stereocenters. The van der Waals surface area contributed by atoms with Crippen LogP contribution in [-0.2, 0) is 0 Å². The molecule has 0 saturated carbocycles. The molecule has 0 spiro atoms. The molecule has 1 aromatic heterocycles. The van der Waals surface area contributed by atoms with Crippen LogP contribution in [0.5, 0.6) is 0 Å². The summed E-state index contributed by atoms with van der Waals surface area (Å²) in [5, 5.41) is 3.00. The highest BCUT2D eigenvalue weighted by molar-refractivity contribution is 5.94. The number of rotatable bonds is 3. The lowest BCUT2D eigenvalue weighted by Gasteiger charge is -2.32. The maximum Gasteiger partial charge on any atom is 0.270 e. The average molecular weight is 323 g/mol. The van der Waals surface area contributed by atoms with Gasteiger partial charge in [0.1, 0.15) is 5.69 Å². The van der Waals surface area contributed by atoms with Crippen molar-refractivity contribution in [3.63, 3.8) is 0 Å². The molecule has 1 N–H and O–H groups in total. The minimum Gasteiger partial charge on any atom is -0.348 e. The Morgan fingerprint density at radius 3 is 2.58 bits per heavy atom. The Hall–Kier alpha value is -2.69. The van der Waals surface area contributed by atoms with Gasteiger partial charge >= 0.3 is 0 Å². The van der Waals surface area contributed by atoms with Gasteiger partial charge in [0, 0.05) is 30.9 Å². The molecule has 0 aliphatic carbocycles. The minimum absolute atomic E-state index is 0.0632. The van der Waals surface area contributed by atoms with Crippen LogP contribution in [0.3, 0.4) is 0 Å². The molecule has 1 saturated heterocycles. The lowest BCUT2D eigenvalue weighted by molar-refractivity contribution is 0.0697.